The van der Waals surface area contributed by atoms with Gasteiger partial charge in [0.25, 0.3) is 10.1 Å². The van der Waals surface area contributed by atoms with Gasteiger partial charge in [0.1, 0.15) is 13.9 Å². The molecule has 180 valence electrons. The fourth-order valence-electron chi connectivity index (χ4n) is 1.94. The first-order valence-electron chi connectivity index (χ1n) is 9.97. The number of rotatable bonds is 1. The van der Waals surface area contributed by atoms with E-state index >= 15 is 0 Å². The first-order valence-corrected chi connectivity index (χ1v) is 12.6. The third kappa shape index (κ3) is 16.2. The highest BCUT2D eigenvalue weighted by Gasteiger charge is 2.06. The predicted molar refractivity (Wildman–Crippen MR) is 146 cm³/mol. The van der Waals surface area contributed by atoms with Gasteiger partial charge < -0.3 is 0 Å². The minimum absolute atomic E-state index is 0.0666. The van der Waals surface area contributed by atoms with E-state index in [1.54, 1.807) is 48.9 Å². The molecule has 10 heteroatoms. The minimum Gasteiger partial charge on any atom is -0.282 e. The van der Waals surface area contributed by atoms with Gasteiger partial charge in [-0.15, -0.1) is 0 Å². The zero-order chi connectivity index (χ0) is 25.9. The molecule has 0 atom stereocenters. The first kappa shape index (κ1) is 29.9. The van der Waals surface area contributed by atoms with Gasteiger partial charge in [0.05, 0.1) is 4.90 Å². The maximum atomic E-state index is 10.5. The molecule has 1 N–H and O–H groups in total. The van der Waals surface area contributed by atoms with Crippen molar-refractivity contribution in [1.82, 2.24) is 15.0 Å². The standard InChI is InChI=1S/C7H8O3S.3C6H5NS/c1-6-2-4-7(5-3-6)11(8,9)10;3*8-6-4-2-1-3-5-7-6/h2-5H,1H3,(H,8,9,10);3*1-5H. The van der Waals surface area contributed by atoms with Gasteiger partial charge in [0.2, 0.25) is 0 Å². The summed E-state index contributed by atoms with van der Waals surface area (Å²) >= 11 is 14.3. The maximum Gasteiger partial charge on any atom is 0.294 e. The van der Waals surface area contributed by atoms with E-state index in [2.05, 4.69) is 15.0 Å². The molecule has 0 fully saturated rings. The van der Waals surface area contributed by atoms with E-state index in [-0.39, 0.29) is 4.90 Å². The third-order valence-electron chi connectivity index (χ3n) is 3.57. The van der Waals surface area contributed by atoms with Crippen LogP contribution in [0.25, 0.3) is 0 Å². The van der Waals surface area contributed by atoms with Crippen molar-refractivity contribution in [2.75, 3.05) is 0 Å². The quantitative estimate of drug-likeness (QED) is 0.209. The molecule has 0 saturated heterocycles. The topological polar surface area (TPSA) is 93.0 Å². The molecule has 1 aromatic carbocycles. The van der Waals surface area contributed by atoms with Crippen molar-refractivity contribution in [2.45, 2.75) is 11.8 Å². The van der Waals surface area contributed by atoms with E-state index in [1.165, 1.54) is 12.1 Å². The Hall–Kier alpha value is -3.15. The number of benzene rings is 1. The summed E-state index contributed by atoms with van der Waals surface area (Å²) in [5.41, 5.74) is 0.956. The molecular formula is C25H23N3O3S4. The van der Waals surface area contributed by atoms with Crippen LogP contribution in [0.5, 0.6) is 0 Å². The molecule has 0 saturated carbocycles. The van der Waals surface area contributed by atoms with Gasteiger partial charge in [-0.1, -0.05) is 90.7 Å². The van der Waals surface area contributed by atoms with Crippen LogP contribution in [-0.2, 0) is 10.1 Å². The second kappa shape index (κ2) is 17.3. The van der Waals surface area contributed by atoms with Crippen LogP contribution in [0, 0.1) is 20.8 Å². The highest BCUT2D eigenvalue weighted by atomic mass is 32.2. The molecule has 0 radical (unpaired) electrons. The number of aryl methyl sites for hydroxylation is 1. The summed E-state index contributed by atoms with van der Waals surface area (Å²) in [4.78, 5) is 11.5. The second-order valence-corrected chi connectivity index (χ2v) is 9.05. The molecule has 6 nitrogen and oxygen atoms in total. The molecule has 0 bridgehead atoms. The lowest BCUT2D eigenvalue weighted by molar-refractivity contribution is 0.483. The van der Waals surface area contributed by atoms with Crippen LogP contribution >= 0.6 is 36.7 Å². The van der Waals surface area contributed by atoms with Gasteiger partial charge in [-0.2, -0.15) is 8.42 Å². The Morgan fingerprint density at radius 2 is 0.914 bits per heavy atom. The van der Waals surface area contributed by atoms with E-state index in [0.717, 1.165) is 5.56 Å². The Morgan fingerprint density at radius 1 is 0.571 bits per heavy atom. The van der Waals surface area contributed by atoms with Crippen molar-refractivity contribution in [3.63, 3.8) is 0 Å². The summed E-state index contributed by atoms with van der Waals surface area (Å²) in [7, 11) is -4.02. The molecule has 3 aromatic heterocycles. The van der Waals surface area contributed by atoms with Crippen LogP contribution < -0.4 is 0 Å². The maximum absolute atomic E-state index is 10.5. The smallest absolute Gasteiger partial charge is 0.282 e. The second-order valence-electron chi connectivity index (χ2n) is 6.37. The Kier molecular flexibility index (Phi) is 14.8. The SMILES string of the molecule is Cc1ccc(S(=O)(=O)O)cc1.S=c1cccccn1.S=c1cccccn1.S=c1cccccn1. The Morgan fingerprint density at radius 3 is 1.23 bits per heavy atom. The number of nitrogens with zero attached hydrogens (tertiary/aromatic N) is 3. The van der Waals surface area contributed by atoms with Crippen molar-refractivity contribution in [3.05, 3.63) is 135 Å². The lowest BCUT2D eigenvalue weighted by Gasteiger charge is -1.95. The molecule has 0 aliphatic rings. The highest BCUT2D eigenvalue weighted by Crippen LogP contribution is 2.08. The minimum atomic E-state index is -4.02. The molecule has 35 heavy (non-hydrogen) atoms. The summed E-state index contributed by atoms with van der Waals surface area (Å²) in [6.07, 6.45) is 5.05. The van der Waals surface area contributed by atoms with Crippen LogP contribution in [0.4, 0.5) is 0 Å². The van der Waals surface area contributed by atoms with Gasteiger partial charge in [0.15, 0.2) is 0 Å². The zero-order valence-corrected chi connectivity index (χ0v) is 22.0. The summed E-state index contributed by atoms with van der Waals surface area (Å²) in [5.74, 6) is 0. The molecule has 4 rings (SSSR count). The highest BCUT2D eigenvalue weighted by molar-refractivity contribution is 7.85. The number of aromatic nitrogens is 3. The summed E-state index contributed by atoms with van der Waals surface area (Å²) in [6, 6.07) is 28.2. The third-order valence-corrected chi connectivity index (χ3v) is 5.16. The van der Waals surface area contributed by atoms with Crippen molar-refractivity contribution < 1.29 is 13.0 Å². The van der Waals surface area contributed by atoms with Crippen LogP contribution in [-0.4, -0.2) is 27.9 Å². The lowest BCUT2D eigenvalue weighted by atomic mass is 10.2. The largest absolute Gasteiger partial charge is 0.294 e. The van der Waals surface area contributed by atoms with Crippen molar-refractivity contribution in [2.24, 2.45) is 0 Å². The monoisotopic (exact) mass is 541 g/mol. The summed E-state index contributed by atoms with van der Waals surface area (Å²) in [6.45, 7) is 1.84. The van der Waals surface area contributed by atoms with E-state index < -0.39 is 10.1 Å². The molecule has 0 aliphatic heterocycles. The predicted octanol–water partition coefficient (Wildman–Crippen LogP) is 6.67. The van der Waals surface area contributed by atoms with Crippen LogP contribution in [0.3, 0.4) is 0 Å². The molecule has 0 aliphatic carbocycles. The Balaban J connectivity index is 0.000000236. The van der Waals surface area contributed by atoms with Crippen molar-refractivity contribution in [3.8, 4) is 0 Å². The van der Waals surface area contributed by atoms with Crippen LogP contribution in [0.15, 0.2) is 121 Å². The zero-order valence-electron chi connectivity index (χ0n) is 18.7. The first-order chi connectivity index (χ1) is 16.7. The Labute approximate surface area is 220 Å². The van der Waals surface area contributed by atoms with Gasteiger partial charge >= 0.3 is 0 Å². The molecular weight excluding hydrogens is 519 g/mol. The lowest BCUT2D eigenvalue weighted by Crippen LogP contribution is -1.96. The average molecular weight is 542 g/mol. The van der Waals surface area contributed by atoms with E-state index in [9.17, 15) is 8.42 Å². The van der Waals surface area contributed by atoms with Gasteiger partial charge in [-0.05, 0) is 55.5 Å². The van der Waals surface area contributed by atoms with E-state index in [0.29, 0.717) is 13.9 Å². The molecule has 3 heterocycles. The van der Waals surface area contributed by atoms with Crippen molar-refractivity contribution >= 4 is 46.8 Å². The summed E-state index contributed by atoms with van der Waals surface area (Å²) in [5, 5.41) is 0. The normalized spacial score (nSPS) is 9.43. The molecule has 4 aromatic rings. The average Bonchev–Trinajstić information content (AvgIpc) is 3.31. The fourth-order valence-corrected chi connectivity index (χ4v) is 2.84. The molecule has 0 spiro atoms. The molecule has 0 unspecified atom stereocenters. The van der Waals surface area contributed by atoms with Crippen molar-refractivity contribution in [1.29, 1.82) is 0 Å². The van der Waals surface area contributed by atoms with E-state index in [4.69, 9.17) is 41.2 Å². The van der Waals surface area contributed by atoms with E-state index in [1.807, 2.05) is 61.5 Å². The van der Waals surface area contributed by atoms with Crippen LogP contribution in [0.2, 0.25) is 0 Å². The number of hydrogen-bond donors (Lipinski definition) is 1. The van der Waals surface area contributed by atoms with Gasteiger partial charge in [0, 0.05) is 18.6 Å². The van der Waals surface area contributed by atoms with Gasteiger partial charge in [-0.3, -0.25) is 4.55 Å². The van der Waals surface area contributed by atoms with Crippen LogP contribution in [0.1, 0.15) is 5.56 Å². The van der Waals surface area contributed by atoms with Gasteiger partial charge in [-0.25, -0.2) is 15.0 Å². The summed E-state index contributed by atoms with van der Waals surface area (Å²) < 4.78 is 31.5. The fraction of sp³-hybridized carbons (Fsp3) is 0.0400. The Bertz CT molecular complexity index is 1270. The number of hydrogen-bond acceptors (Lipinski definition) is 8. The molecule has 0 amide bonds.